The van der Waals surface area contributed by atoms with Gasteiger partial charge in [-0.15, -0.1) is 0 Å². The molecule has 1 aliphatic carbocycles. The molecule has 1 N–H and O–H groups in total. The zero-order valence-electron chi connectivity index (χ0n) is 19.8. The van der Waals surface area contributed by atoms with Crippen molar-refractivity contribution in [2.45, 2.75) is 18.0 Å². The van der Waals surface area contributed by atoms with E-state index in [1.807, 2.05) is 78.9 Å². The van der Waals surface area contributed by atoms with E-state index in [1.165, 1.54) is 21.3 Å². The number of hydrogen-bond donors (Lipinski definition) is 1. The number of fused-ring (bicyclic) bond motifs is 3. The highest BCUT2D eigenvalue weighted by atomic mass is 16.5. The van der Waals surface area contributed by atoms with Gasteiger partial charge in [0.25, 0.3) is 0 Å². The van der Waals surface area contributed by atoms with E-state index in [9.17, 15) is 14.4 Å². The molecule has 0 heterocycles. The van der Waals surface area contributed by atoms with Crippen LogP contribution in [0, 0.1) is 5.92 Å². The molecule has 4 rings (SSSR count). The van der Waals surface area contributed by atoms with Crippen LogP contribution in [0.1, 0.15) is 23.1 Å². The van der Waals surface area contributed by atoms with E-state index in [1.54, 1.807) is 0 Å². The van der Waals surface area contributed by atoms with Gasteiger partial charge < -0.3 is 14.2 Å². The molecule has 0 spiro atoms. The van der Waals surface area contributed by atoms with Crippen LogP contribution in [-0.4, -0.2) is 45.3 Å². The number of ether oxygens (including phenoxy) is 3. The summed E-state index contributed by atoms with van der Waals surface area (Å²) in [5.74, 6) is -3.48. The third kappa shape index (κ3) is 4.19. The molecule has 0 bridgehead atoms. The summed E-state index contributed by atoms with van der Waals surface area (Å²) in [6, 6.07) is 24.7. The van der Waals surface area contributed by atoms with Crippen molar-refractivity contribution in [1.29, 1.82) is 0 Å². The highest BCUT2D eigenvalue weighted by Crippen LogP contribution is 2.51. The predicted octanol–water partition coefficient (Wildman–Crippen LogP) is 3.44. The molecule has 0 aliphatic heterocycles. The van der Waals surface area contributed by atoms with E-state index in [2.05, 4.69) is 5.32 Å². The predicted molar refractivity (Wildman–Crippen MR) is 129 cm³/mol. The smallest absolute Gasteiger partial charge is 0.322 e. The summed E-state index contributed by atoms with van der Waals surface area (Å²) >= 11 is 0. The molecular formula is C28H27NO6. The van der Waals surface area contributed by atoms with E-state index in [4.69, 9.17) is 14.2 Å². The second-order valence-corrected chi connectivity index (χ2v) is 8.26. The van der Waals surface area contributed by atoms with Gasteiger partial charge in [-0.1, -0.05) is 78.9 Å². The third-order valence-electron chi connectivity index (χ3n) is 6.48. The second kappa shape index (κ2) is 10.1. The van der Waals surface area contributed by atoms with E-state index >= 15 is 0 Å². The third-order valence-corrected chi connectivity index (χ3v) is 6.48. The van der Waals surface area contributed by atoms with Crippen molar-refractivity contribution >= 4 is 17.9 Å². The van der Waals surface area contributed by atoms with Gasteiger partial charge in [-0.25, -0.2) is 0 Å². The van der Waals surface area contributed by atoms with E-state index in [0.717, 1.165) is 27.8 Å². The molecule has 3 aromatic carbocycles. The summed E-state index contributed by atoms with van der Waals surface area (Å²) < 4.78 is 14.7. The Morgan fingerprint density at radius 2 is 1.14 bits per heavy atom. The zero-order chi connectivity index (χ0) is 25.0. The Kier molecular flexibility index (Phi) is 6.98. The van der Waals surface area contributed by atoms with Gasteiger partial charge in [0.05, 0.1) is 26.9 Å². The fourth-order valence-electron chi connectivity index (χ4n) is 4.90. The topological polar surface area (TPSA) is 90.9 Å². The van der Waals surface area contributed by atoms with Gasteiger partial charge in [0.2, 0.25) is 0 Å². The van der Waals surface area contributed by atoms with Gasteiger partial charge in [-0.05, 0) is 34.2 Å². The zero-order valence-corrected chi connectivity index (χ0v) is 19.8. The summed E-state index contributed by atoms with van der Waals surface area (Å²) in [6.07, 6.45) is -0.203. The van der Waals surface area contributed by atoms with Crippen LogP contribution < -0.4 is 5.32 Å². The Balaban J connectivity index is 1.91. The molecule has 0 aromatic heterocycles. The lowest BCUT2D eigenvalue weighted by atomic mass is 9.79. The van der Waals surface area contributed by atoms with Crippen molar-refractivity contribution in [3.05, 3.63) is 95.6 Å². The molecule has 0 radical (unpaired) electrons. The van der Waals surface area contributed by atoms with Crippen LogP contribution in [0.25, 0.3) is 11.1 Å². The average molecular weight is 474 g/mol. The average Bonchev–Trinajstić information content (AvgIpc) is 3.20. The maximum Gasteiger partial charge on any atom is 0.322 e. The van der Waals surface area contributed by atoms with Gasteiger partial charge in [0.15, 0.2) is 5.92 Å². The van der Waals surface area contributed by atoms with Crippen molar-refractivity contribution in [3.8, 4) is 11.1 Å². The van der Waals surface area contributed by atoms with Gasteiger partial charge >= 0.3 is 17.9 Å². The molecule has 3 aromatic rings. The highest BCUT2D eigenvalue weighted by Gasteiger charge is 2.48. The minimum atomic E-state index is -1.30. The quantitative estimate of drug-likeness (QED) is 0.304. The molecule has 0 amide bonds. The molecular weight excluding hydrogens is 446 g/mol. The molecule has 1 atom stereocenters. The first-order valence-electron chi connectivity index (χ1n) is 11.2. The lowest BCUT2D eigenvalue weighted by molar-refractivity contribution is -0.160. The normalized spacial score (nSPS) is 13.9. The van der Waals surface area contributed by atoms with Crippen molar-refractivity contribution < 1.29 is 28.6 Å². The maximum absolute atomic E-state index is 13.1. The van der Waals surface area contributed by atoms with E-state index in [0.29, 0.717) is 0 Å². The minimum absolute atomic E-state index is 0.203. The maximum atomic E-state index is 13.1. The van der Waals surface area contributed by atoms with E-state index in [-0.39, 0.29) is 6.42 Å². The minimum Gasteiger partial charge on any atom is -0.468 e. The number of benzene rings is 3. The summed E-state index contributed by atoms with van der Waals surface area (Å²) in [5.41, 5.74) is 3.92. The van der Waals surface area contributed by atoms with Crippen LogP contribution >= 0.6 is 0 Å². The Hall–Kier alpha value is -3.97. The van der Waals surface area contributed by atoms with Crippen molar-refractivity contribution in [1.82, 2.24) is 5.32 Å². The SMILES string of the molecule is COC(=O)C(C[C@@H](NC1(c2ccccc2)c2ccccc2-c2ccccc21)C(=O)OC)C(=O)OC. The first-order valence-corrected chi connectivity index (χ1v) is 11.2. The van der Waals surface area contributed by atoms with Crippen LogP contribution in [0.2, 0.25) is 0 Å². The lowest BCUT2D eigenvalue weighted by Crippen LogP contribution is -2.53. The molecule has 0 saturated carbocycles. The second-order valence-electron chi connectivity index (χ2n) is 8.26. The van der Waals surface area contributed by atoms with Gasteiger partial charge in [-0.3, -0.25) is 19.7 Å². The first-order chi connectivity index (χ1) is 17.0. The summed E-state index contributed by atoms with van der Waals surface area (Å²) in [6.45, 7) is 0. The largest absolute Gasteiger partial charge is 0.468 e. The number of carbonyl (C=O) groups is 3. The van der Waals surface area contributed by atoms with Crippen LogP contribution in [0.3, 0.4) is 0 Å². The number of hydrogen-bond acceptors (Lipinski definition) is 7. The Bertz CT molecular complexity index is 1180. The molecule has 0 unspecified atom stereocenters. The number of rotatable bonds is 8. The summed E-state index contributed by atoms with van der Waals surface area (Å²) in [5, 5.41) is 3.51. The fraction of sp³-hybridized carbons (Fsp3) is 0.250. The Morgan fingerprint density at radius 3 is 1.63 bits per heavy atom. The van der Waals surface area contributed by atoms with Crippen LogP contribution in [0.4, 0.5) is 0 Å². The lowest BCUT2D eigenvalue weighted by Gasteiger charge is -2.37. The van der Waals surface area contributed by atoms with Crippen LogP contribution in [0.5, 0.6) is 0 Å². The Morgan fingerprint density at radius 1 is 0.686 bits per heavy atom. The molecule has 180 valence electrons. The first kappa shape index (κ1) is 24.2. The molecule has 35 heavy (non-hydrogen) atoms. The van der Waals surface area contributed by atoms with Gasteiger partial charge in [-0.2, -0.15) is 0 Å². The number of esters is 3. The van der Waals surface area contributed by atoms with Gasteiger partial charge in [0.1, 0.15) is 6.04 Å². The Labute approximate surface area is 204 Å². The molecule has 7 heteroatoms. The summed E-state index contributed by atoms with van der Waals surface area (Å²) in [4.78, 5) is 37.9. The number of nitrogens with one attached hydrogen (secondary N) is 1. The van der Waals surface area contributed by atoms with Crippen molar-refractivity contribution in [3.63, 3.8) is 0 Å². The molecule has 0 fully saturated rings. The molecule has 1 aliphatic rings. The summed E-state index contributed by atoms with van der Waals surface area (Å²) in [7, 11) is 3.65. The monoisotopic (exact) mass is 473 g/mol. The van der Waals surface area contributed by atoms with E-state index < -0.39 is 35.4 Å². The molecule has 0 saturated heterocycles. The molecule has 7 nitrogen and oxygen atoms in total. The highest BCUT2D eigenvalue weighted by molar-refractivity contribution is 5.95. The van der Waals surface area contributed by atoms with Crippen molar-refractivity contribution in [2.24, 2.45) is 5.92 Å². The van der Waals surface area contributed by atoms with Gasteiger partial charge in [0, 0.05) is 0 Å². The standard InChI is InChI=1S/C28H27NO6/c1-33-25(30)21(26(31)34-2)17-24(27(32)35-3)29-28(18-11-5-4-6-12-18)22-15-9-7-13-19(22)20-14-8-10-16-23(20)28/h4-16,21,24,29H,17H2,1-3H3/t24-/m1/s1. The van der Waals surface area contributed by atoms with Crippen molar-refractivity contribution in [2.75, 3.05) is 21.3 Å². The number of carbonyl (C=O) groups excluding carboxylic acids is 3. The van der Waals surface area contributed by atoms with Crippen LogP contribution in [-0.2, 0) is 34.1 Å². The fourth-order valence-corrected chi connectivity index (χ4v) is 4.90. The van der Waals surface area contributed by atoms with Crippen LogP contribution in [0.15, 0.2) is 78.9 Å². The number of methoxy groups -OCH3 is 3.